The van der Waals surface area contributed by atoms with Crippen LogP contribution in [-0.2, 0) is 0 Å². The Morgan fingerprint density at radius 2 is 2.33 bits per heavy atom. The van der Waals surface area contributed by atoms with E-state index in [2.05, 4.69) is 24.1 Å². The van der Waals surface area contributed by atoms with Gasteiger partial charge in [0.2, 0.25) is 0 Å². The average Bonchev–Trinajstić information content (AvgIpc) is 3.02. The molecule has 0 aliphatic heterocycles. The van der Waals surface area contributed by atoms with Gasteiger partial charge < -0.3 is 11.1 Å². The summed E-state index contributed by atoms with van der Waals surface area (Å²) in [4.78, 5) is 12.0. The van der Waals surface area contributed by atoms with Crippen LogP contribution in [0.1, 0.15) is 29.3 Å². The van der Waals surface area contributed by atoms with Crippen LogP contribution in [0.15, 0.2) is 18.2 Å². The molecule has 1 aliphatic rings. The summed E-state index contributed by atoms with van der Waals surface area (Å²) in [5.74, 6) is 5.27. The van der Waals surface area contributed by atoms with E-state index in [4.69, 9.17) is 5.73 Å². The smallest absolute Gasteiger partial charge is 0.252 e. The first kappa shape index (κ1) is 12.6. The monoisotopic (exact) mass is 246 g/mol. The molecule has 0 heterocycles. The van der Waals surface area contributed by atoms with E-state index in [-0.39, 0.29) is 18.5 Å². The van der Waals surface area contributed by atoms with Crippen molar-refractivity contribution in [3.05, 3.63) is 35.1 Å². The number of carbonyl (C=O) groups excluding carboxylic acids is 1. The Kier molecular flexibility index (Phi) is 3.63. The molecular formula is C14H15FN2O. The van der Waals surface area contributed by atoms with Gasteiger partial charge in [0.05, 0.1) is 12.1 Å². The van der Waals surface area contributed by atoms with Gasteiger partial charge >= 0.3 is 0 Å². The van der Waals surface area contributed by atoms with Gasteiger partial charge in [-0.15, -0.1) is 0 Å². The van der Waals surface area contributed by atoms with E-state index >= 15 is 0 Å². The minimum atomic E-state index is -0.410. The number of hydrogen-bond donors (Lipinski definition) is 2. The van der Waals surface area contributed by atoms with Crippen molar-refractivity contribution in [1.29, 1.82) is 0 Å². The molecule has 1 fully saturated rings. The highest BCUT2D eigenvalue weighted by molar-refractivity contribution is 5.97. The highest BCUT2D eigenvalue weighted by atomic mass is 19.1. The predicted octanol–water partition coefficient (Wildman–Crippen LogP) is 1.27. The van der Waals surface area contributed by atoms with E-state index in [1.54, 1.807) is 0 Å². The van der Waals surface area contributed by atoms with Crippen molar-refractivity contribution in [2.45, 2.75) is 19.4 Å². The molecule has 1 saturated carbocycles. The van der Waals surface area contributed by atoms with Gasteiger partial charge in [0.15, 0.2) is 0 Å². The Bertz CT molecular complexity index is 530. The second-order valence-corrected chi connectivity index (χ2v) is 4.49. The number of nitrogens with one attached hydrogen (secondary N) is 1. The largest absolute Gasteiger partial charge is 0.349 e. The molecular weight excluding hydrogens is 231 g/mol. The molecule has 0 aromatic heterocycles. The van der Waals surface area contributed by atoms with Gasteiger partial charge in [0.1, 0.15) is 5.82 Å². The van der Waals surface area contributed by atoms with Gasteiger partial charge in [-0.1, -0.05) is 18.8 Å². The lowest BCUT2D eigenvalue weighted by Crippen LogP contribution is -2.27. The lowest BCUT2D eigenvalue weighted by atomic mass is 10.1. The summed E-state index contributed by atoms with van der Waals surface area (Å²) in [6.07, 6.45) is 0.997. The van der Waals surface area contributed by atoms with Crippen molar-refractivity contribution in [3.8, 4) is 11.8 Å². The topological polar surface area (TPSA) is 55.1 Å². The molecule has 1 aromatic carbocycles. The predicted molar refractivity (Wildman–Crippen MR) is 67.4 cm³/mol. The number of benzene rings is 1. The molecule has 4 heteroatoms. The Hall–Kier alpha value is -1.86. The van der Waals surface area contributed by atoms with Crippen molar-refractivity contribution < 1.29 is 9.18 Å². The molecule has 0 radical (unpaired) electrons. The summed E-state index contributed by atoms with van der Waals surface area (Å²) < 4.78 is 13.1. The molecule has 2 rings (SSSR count). The first-order valence-corrected chi connectivity index (χ1v) is 5.91. The molecule has 1 aromatic rings. The third kappa shape index (κ3) is 2.88. The summed E-state index contributed by atoms with van der Waals surface area (Å²) in [5, 5.41) is 2.90. The Morgan fingerprint density at radius 1 is 1.61 bits per heavy atom. The van der Waals surface area contributed by atoms with E-state index in [9.17, 15) is 9.18 Å². The van der Waals surface area contributed by atoms with E-state index in [1.807, 2.05) is 0 Å². The highest BCUT2D eigenvalue weighted by Gasteiger charge is 2.34. The molecule has 0 bridgehead atoms. The number of nitrogens with two attached hydrogens (primary N) is 1. The lowest BCUT2D eigenvalue weighted by Gasteiger charge is -2.06. The van der Waals surface area contributed by atoms with Crippen LogP contribution in [0.5, 0.6) is 0 Å². The number of halogens is 1. The van der Waals surface area contributed by atoms with E-state index in [1.165, 1.54) is 18.2 Å². The third-order valence-electron chi connectivity index (χ3n) is 2.98. The van der Waals surface area contributed by atoms with E-state index in [0.717, 1.165) is 6.42 Å². The Labute approximate surface area is 106 Å². The van der Waals surface area contributed by atoms with Crippen molar-refractivity contribution >= 4 is 5.91 Å². The van der Waals surface area contributed by atoms with Gasteiger partial charge in [0.25, 0.3) is 5.91 Å². The van der Waals surface area contributed by atoms with Crippen LogP contribution in [0.3, 0.4) is 0 Å². The zero-order valence-electron chi connectivity index (χ0n) is 10.2. The maximum atomic E-state index is 13.1. The Morgan fingerprint density at radius 3 is 2.94 bits per heavy atom. The van der Waals surface area contributed by atoms with Crippen molar-refractivity contribution in [2.75, 3.05) is 6.54 Å². The average molecular weight is 246 g/mol. The molecule has 94 valence electrons. The summed E-state index contributed by atoms with van der Waals surface area (Å²) in [6.45, 7) is 2.25. The van der Waals surface area contributed by atoms with E-state index < -0.39 is 5.82 Å². The van der Waals surface area contributed by atoms with Gasteiger partial charge in [-0.05, 0) is 30.5 Å². The van der Waals surface area contributed by atoms with Gasteiger partial charge in [-0.3, -0.25) is 4.79 Å². The first-order valence-electron chi connectivity index (χ1n) is 5.91. The molecule has 3 N–H and O–H groups in total. The molecule has 0 spiro atoms. The van der Waals surface area contributed by atoms with Crippen molar-refractivity contribution in [2.24, 2.45) is 11.7 Å². The fraction of sp³-hybridized carbons (Fsp3) is 0.357. The summed E-state index contributed by atoms with van der Waals surface area (Å²) in [7, 11) is 0. The van der Waals surface area contributed by atoms with Crippen molar-refractivity contribution in [3.63, 3.8) is 0 Å². The van der Waals surface area contributed by atoms with Crippen LogP contribution in [0.25, 0.3) is 0 Å². The second kappa shape index (κ2) is 5.19. The van der Waals surface area contributed by atoms with E-state index in [0.29, 0.717) is 17.0 Å². The second-order valence-electron chi connectivity index (χ2n) is 4.49. The third-order valence-corrected chi connectivity index (χ3v) is 2.98. The lowest BCUT2D eigenvalue weighted by molar-refractivity contribution is 0.0949. The number of amides is 1. The number of rotatable bonds is 2. The normalized spacial score (nSPS) is 20.8. The van der Waals surface area contributed by atoms with Crippen LogP contribution < -0.4 is 11.1 Å². The fourth-order valence-corrected chi connectivity index (χ4v) is 1.73. The minimum absolute atomic E-state index is 0.178. The van der Waals surface area contributed by atoms with Crippen LogP contribution in [0.4, 0.5) is 4.39 Å². The maximum absolute atomic E-state index is 13.1. The van der Waals surface area contributed by atoms with Gasteiger partial charge in [0, 0.05) is 11.6 Å². The SMILES string of the molecule is CC1CC1NC(=O)c1ccc(F)cc1C#CCN. The molecule has 18 heavy (non-hydrogen) atoms. The summed E-state index contributed by atoms with van der Waals surface area (Å²) in [6, 6.07) is 4.21. The van der Waals surface area contributed by atoms with Crippen LogP contribution in [0, 0.1) is 23.6 Å². The number of carbonyl (C=O) groups is 1. The van der Waals surface area contributed by atoms with Gasteiger partial charge in [-0.2, -0.15) is 0 Å². The minimum Gasteiger partial charge on any atom is -0.349 e. The number of hydrogen-bond acceptors (Lipinski definition) is 2. The Balaban J connectivity index is 2.22. The molecule has 1 aliphatic carbocycles. The molecule has 2 unspecified atom stereocenters. The molecule has 3 nitrogen and oxygen atoms in total. The van der Waals surface area contributed by atoms with Crippen LogP contribution in [0.2, 0.25) is 0 Å². The first-order chi connectivity index (χ1) is 8.61. The molecule has 0 saturated heterocycles. The maximum Gasteiger partial charge on any atom is 0.252 e. The molecule has 1 amide bonds. The summed E-state index contributed by atoms with van der Waals surface area (Å²) in [5.41, 5.74) is 6.06. The zero-order chi connectivity index (χ0) is 13.1. The molecule has 2 atom stereocenters. The van der Waals surface area contributed by atoms with Crippen LogP contribution >= 0.6 is 0 Å². The van der Waals surface area contributed by atoms with Gasteiger partial charge in [-0.25, -0.2) is 4.39 Å². The van der Waals surface area contributed by atoms with Crippen LogP contribution in [-0.4, -0.2) is 18.5 Å². The summed E-state index contributed by atoms with van der Waals surface area (Å²) >= 11 is 0. The quantitative estimate of drug-likeness (QED) is 0.772. The standard InChI is InChI=1S/C14H15FN2O/c1-9-7-13(9)17-14(18)12-5-4-11(15)8-10(12)3-2-6-16/h4-5,8-9,13H,6-7,16H2,1H3,(H,17,18). The highest BCUT2D eigenvalue weighted by Crippen LogP contribution is 2.29. The van der Waals surface area contributed by atoms with Crippen molar-refractivity contribution in [1.82, 2.24) is 5.32 Å². The zero-order valence-corrected chi connectivity index (χ0v) is 10.2. The fourth-order valence-electron chi connectivity index (χ4n) is 1.73.